The highest BCUT2D eigenvalue weighted by Gasteiger charge is 2.22. The van der Waals surface area contributed by atoms with Crippen LogP contribution in [0.3, 0.4) is 0 Å². The number of hydrogen-bond acceptors (Lipinski definition) is 3. The molecule has 3 rings (SSSR count). The molecule has 0 spiro atoms. The van der Waals surface area contributed by atoms with Crippen molar-refractivity contribution in [3.05, 3.63) is 65.1 Å². The van der Waals surface area contributed by atoms with E-state index in [2.05, 4.69) is 4.98 Å². The number of fused-ring (bicyclic) bond motifs is 1. The molecule has 0 bridgehead atoms. The number of rotatable bonds is 5. The summed E-state index contributed by atoms with van der Waals surface area (Å²) in [6.45, 7) is 1.89. The molecule has 2 N–H and O–H groups in total. The van der Waals surface area contributed by atoms with Gasteiger partial charge in [-0.15, -0.1) is 0 Å². The molecule has 0 saturated carbocycles. The first kappa shape index (κ1) is 17.9. The maximum atomic E-state index is 13.6. The number of benzene rings is 2. The third-order valence-corrected chi connectivity index (χ3v) is 4.46. The maximum absolute atomic E-state index is 13.6. The van der Waals surface area contributed by atoms with Gasteiger partial charge in [-0.3, -0.25) is 4.79 Å². The fraction of sp³-hybridized carbons (Fsp3) is 0.250. The van der Waals surface area contributed by atoms with Gasteiger partial charge in [0.2, 0.25) is 0 Å². The van der Waals surface area contributed by atoms with Gasteiger partial charge in [-0.1, -0.05) is 12.1 Å². The number of carbonyl (C=O) groups excluding carboxylic acids is 1. The molecule has 1 aromatic heterocycles. The zero-order chi connectivity index (χ0) is 18.8. The van der Waals surface area contributed by atoms with Crippen molar-refractivity contribution < 1.29 is 19.0 Å². The number of H-pyrrole nitrogens is 1. The number of aryl methyl sites for hydroxylation is 1. The maximum Gasteiger partial charge on any atom is 0.256 e. The molecule has 0 saturated heterocycles. The van der Waals surface area contributed by atoms with Crippen molar-refractivity contribution >= 4 is 16.8 Å². The summed E-state index contributed by atoms with van der Waals surface area (Å²) in [4.78, 5) is 17.4. The fourth-order valence-corrected chi connectivity index (χ4v) is 3.04. The first-order valence-corrected chi connectivity index (χ1v) is 8.26. The van der Waals surface area contributed by atoms with Crippen molar-refractivity contribution in [3.8, 4) is 5.75 Å². The molecule has 0 radical (unpaired) electrons. The van der Waals surface area contributed by atoms with Gasteiger partial charge >= 0.3 is 0 Å². The number of amides is 1. The second-order valence-electron chi connectivity index (χ2n) is 6.29. The SMILES string of the molecule is COc1ccc(C(O)CN(C)C(=O)c2c(C)[nH]c3ccc(F)cc23)cc1. The first-order valence-electron chi connectivity index (χ1n) is 8.26. The van der Waals surface area contributed by atoms with E-state index in [4.69, 9.17) is 4.74 Å². The van der Waals surface area contributed by atoms with Gasteiger partial charge in [0.25, 0.3) is 5.91 Å². The van der Waals surface area contributed by atoms with Crippen LogP contribution in [0, 0.1) is 12.7 Å². The van der Waals surface area contributed by atoms with Crippen molar-refractivity contribution in [3.63, 3.8) is 0 Å². The monoisotopic (exact) mass is 356 g/mol. The van der Waals surface area contributed by atoms with E-state index in [9.17, 15) is 14.3 Å². The van der Waals surface area contributed by atoms with Gasteiger partial charge in [-0.05, 0) is 42.8 Å². The predicted molar refractivity (Wildman–Crippen MR) is 97.9 cm³/mol. The second-order valence-corrected chi connectivity index (χ2v) is 6.29. The lowest BCUT2D eigenvalue weighted by molar-refractivity contribution is 0.0682. The van der Waals surface area contributed by atoms with E-state index < -0.39 is 11.9 Å². The number of aliphatic hydroxyl groups is 1. The lowest BCUT2D eigenvalue weighted by atomic mass is 10.1. The van der Waals surface area contributed by atoms with Crippen LogP contribution in [0.2, 0.25) is 0 Å². The Kier molecular flexibility index (Phi) is 4.95. The summed E-state index contributed by atoms with van der Waals surface area (Å²) in [7, 11) is 3.19. The van der Waals surface area contributed by atoms with Crippen LogP contribution >= 0.6 is 0 Å². The minimum absolute atomic E-state index is 0.118. The molecule has 5 nitrogen and oxygen atoms in total. The van der Waals surface area contributed by atoms with Crippen LogP contribution in [0.15, 0.2) is 42.5 Å². The molecule has 0 aliphatic rings. The van der Waals surface area contributed by atoms with E-state index in [1.807, 2.05) is 0 Å². The number of nitrogens with one attached hydrogen (secondary N) is 1. The van der Waals surface area contributed by atoms with Crippen molar-refractivity contribution in [2.75, 3.05) is 20.7 Å². The summed E-state index contributed by atoms with van der Waals surface area (Å²) < 4.78 is 18.7. The quantitative estimate of drug-likeness (QED) is 0.736. The largest absolute Gasteiger partial charge is 0.497 e. The minimum atomic E-state index is -0.836. The average Bonchev–Trinajstić information content (AvgIpc) is 2.96. The minimum Gasteiger partial charge on any atom is -0.497 e. The smallest absolute Gasteiger partial charge is 0.256 e. The highest BCUT2D eigenvalue weighted by Crippen LogP contribution is 2.25. The molecule has 26 heavy (non-hydrogen) atoms. The molecule has 0 aliphatic heterocycles. The topological polar surface area (TPSA) is 65.6 Å². The number of hydrogen-bond donors (Lipinski definition) is 2. The van der Waals surface area contributed by atoms with E-state index in [0.29, 0.717) is 33.5 Å². The van der Waals surface area contributed by atoms with Crippen molar-refractivity contribution in [2.24, 2.45) is 0 Å². The van der Waals surface area contributed by atoms with Crippen LogP contribution in [0.4, 0.5) is 4.39 Å². The summed E-state index contributed by atoms with van der Waals surface area (Å²) in [6.07, 6.45) is -0.836. The summed E-state index contributed by atoms with van der Waals surface area (Å²) >= 11 is 0. The summed E-state index contributed by atoms with van der Waals surface area (Å²) in [5.74, 6) is 0.0280. The predicted octanol–water partition coefficient (Wildman–Crippen LogP) is 3.43. The molecule has 0 fully saturated rings. The van der Waals surface area contributed by atoms with Crippen molar-refractivity contribution in [1.29, 1.82) is 0 Å². The van der Waals surface area contributed by atoms with Crippen LogP contribution in [0.5, 0.6) is 5.75 Å². The Morgan fingerprint density at radius 3 is 2.62 bits per heavy atom. The number of aromatic amines is 1. The van der Waals surface area contributed by atoms with Crippen LogP contribution in [-0.4, -0.2) is 41.6 Å². The first-order chi connectivity index (χ1) is 12.4. The van der Waals surface area contributed by atoms with Crippen LogP contribution in [-0.2, 0) is 0 Å². The molecule has 2 aromatic carbocycles. The number of nitrogens with zero attached hydrogens (tertiary/aromatic N) is 1. The Morgan fingerprint density at radius 1 is 1.27 bits per heavy atom. The number of aliphatic hydroxyl groups excluding tert-OH is 1. The fourth-order valence-electron chi connectivity index (χ4n) is 3.04. The molecule has 1 unspecified atom stereocenters. The Labute approximate surface area is 151 Å². The molecular weight excluding hydrogens is 335 g/mol. The molecule has 6 heteroatoms. The lowest BCUT2D eigenvalue weighted by Gasteiger charge is -2.21. The summed E-state index contributed by atoms with van der Waals surface area (Å²) in [6, 6.07) is 11.3. The Bertz CT molecular complexity index is 934. The zero-order valence-corrected chi connectivity index (χ0v) is 14.9. The van der Waals surface area contributed by atoms with E-state index >= 15 is 0 Å². The van der Waals surface area contributed by atoms with Crippen LogP contribution < -0.4 is 4.74 Å². The molecule has 136 valence electrons. The van der Waals surface area contributed by atoms with E-state index in [1.54, 1.807) is 51.4 Å². The second kappa shape index (κ2) is 7.17. The third kappa shape index (κ3) is 3.41. The molecule has 1 amide bonds. The Hall–Kier alpha value is -2.86. The number of likely N-dealkylation sites (N-methyl/N-ethyl adjacent to an activating group) is 1. The Morgan fingerprint density at radius 2 is 1.96 bits per heavy atom. The standard InChI is InChI=1S/C20H21FN2O3/c1-12-19(16-10-14(21)6-9-17(16)22-12)20(25)23(2)11-18(24)13-4-7-15(26-3)8-5-13/h4-10,18,22,24H,11H2,1-3H3. The van der Waals surface area contributed by atoms with Crippen LogP contribution in [0.25, 0.3) is 10.9 Å². The highest BCUT2D eigenvalue weighted by molar-refractivity contribution is 6.08. The van der Waals surface area contributed by atoms with Gasteiger partial charge in [-0.25, -0.2) is 4.39 Å². The number of methoxy groups -OCH3 is 1. The van der Waals surface area contributed by atoms with E-state index in [1.165, 1.54) is 17.0 Å². The van der Waals surface area contributed by atoms with Gasteiger partial charge < -0.3 is 19.7 Å². The molecule has 1 atom stereocenters. The number of ether oxygens (including phenoxy) is 1. The van der Waals surface area contributed by atoms with Gasteiger partial charge in [0.15, 0.2) is 0 Å². The van der Waals surface area contributed by atoms with E-state index in [0.717, 1.165) is 0 Å². The molecule has 1 heterocycles. The summed E-state index contributed by atoms with van der Waals surface area (Å²) in [5.41, 5.74) is 2.48. The van der Waals surface area contributed by atoms with Gasteiger partial charge in [0.05, 0.1) is 25.3 Å². The van der Waals surface area contributed by atoms with E-state index in [-0.39, 0.29) is 12.5 Å². The Balaban J connectivity index is 1.81. The van der Waals surface area contributed by atoms with Gasteiger partial charge in [0, 0.05) is 23.6 Å². The number of halogens is 1. The summed E-state index contributed by atoms with van der Waals surface area (Å²) in [5, 5.41) is 11.0. The molecular formula is C20H21FN2O3. The van der Waals surface area contributed by atoms with Gasteiger partial charge in [0.1, 0.15) is 11.6 Å². The number of aromatic nitrogens is 1. The molecule has 3 aromatic rings. The normalized spacial score (nSPS) is 12.2. The van der Waals surface area contributed by atoms with Crippen molar-refractivity contribution in [2.45, 2.75) is 13.0 Å². The lowest BCUT2D eigenvalue weighted by Crippen LogP contribution is -2.31. The van der Waals surface area contributed by atoms with Gasteiger partial charge in [-0.2, -0.15) is 0 Å². The van der Waals surface area contributed by atoms with Crippen LogP contribution in [0.1, 0.15) is 27.7 Å². The zero-order valence-electron chi connectivity index (χ0n) is 14.9. The highest BCUT2D eigenvalue weighted by atomic mass is 19.1. The average molecular weight is 356 g/mol. The third-order valence-electron chi connectivity index (χ3n) is 4.46. The number of carbonyl (C=O) groups is 1. The van der Waals surface area contributed by atoms with Crippen molar-refractivity contribution in [1.82, 2.24) is 9.88 Å². The molecule has 0 aliphatic carbocycles.